The standard InChI is InChI=1S/C17H18.C2H6/c1-12-8-10-14-13-6-4-5-7-15(13)17(2,3)16(14)11-9-12;1-2/h4-8,10-11H,9H2,1-3H3;1-2H3. The van der Waals surface area contributed by atoms with Crippen LogP contribution < -0.4 is 0 Å². The molecule has 0 saturated heterocycles. The van der Waals surface area contributed by atoms with Crippen molar-refractivity contribution in [2.24, 2.45) is 0 Å². The highest BCUT2D eigenvalue weighted by molar-refractivity contribution is 5.90. The normalized spacial score (nSPS) is 18.9. The van der Waals surface area contributed by atoms with Gasteiger partial charge in [-0.3, -0.25) is 0 Å². The lowest BCUT2D eigenvalue weighted by molar-refractivity contribution is 0.658. The first-order valence-electron chi connectivity index (χ1n) is 7.29. The maximum absolute atomic E-state index is 2.41. The van der Waals surface area contributed by atoms with E-state index in [9.17, 15) is 0 Å². The number of rotatable bonds is 0. The fourth-order valence-electron chi connectivity index (χ4n) is 2.99. The highest BCUT2D eigenvalue weighted by Gasteiger charge is 2.37. The molecule has 0 amide bonds. The Bertz CT molecular complexity index is 565. The van der Waals surface area contributed by atoms with Gasteiger partial charge in [0.25, 0.3) is 0 Å². The summed E-state index contributed by atoms with van der Waals surface area (Å²) in [4.78, 5) is 0. The molecule has 3 rings (SSSR count). The van der Waals surface area contributed by atoms with Crippen LogP contribution in [-0.4, -0.2) is 0 Å². The van der Waals surface area contributed by atoms with Crippen LogP contribution in [-0.2, 0) is 5.41 Å². The molecular weight excluding hydrogens is 228 g/mol. The molecule has 100 valence electrons. The fourth-order valence-corrected chi connectivity index (χ4v) is 2.99. The van der Waals surface area contributed by atoms with Crippen molar-refractivity contribution in [2.45, 2.75) is 46.5 Å². The number of benzene rings is 1. The Labute approximate surface area is 117 Å². The largest absolute Gasteiger partial charge is 0.0757 e. The van der Waals surface area contributed by atoms with Crippen molar-refractivity contribution in [1.29, 1.82) is 0 Å². The summed E-state index contributed by atoms with van der Waals surface area (Å²) in [6.45, 7) is 10.9. The van der Waals surface area contributed by atoms with Crippen LogP contribution in [0, 0.1) is 0 Å². The van der Waals surface area contributed by atoms with Crippen molar-refractivity contribution in [3.8, 4) is 0 Å². The van der Waals surface area contributed by atoms with E-state index in [-0.39, 0.29) is 5.41 Å². The van der Waals surface area contributed by atoms with E-state index in [1.54, 1.807) is 0 Å². The molecule has 2 aliphatic carbocycles. The van der Waals surface area contributed by atoms with Crippen LogP contribution >= 0.6 is 0 Å². The van der Waals surface area contributed by atoms with Gasteiger partial charge >= 0.3 is 0 Å². The Morgan fingerprint density at radius 3 is 2.42 bits per heavy atom. The minimum absolute atomic E-state index is 0.154. The zero-order valence-corrected chi connectivity index (χ0v) is 12.7. The van der Waals surface area contributed by atoms with Gasteiger partial charge in [0, 0.05) is 5.41 Å². The lowest BCUT2D eigenvalue weighted by Crippen LogP contribution is -2.14. The van der Waals surface area contributed by atoms with Gasteiger partial charge in [0.05, 0.1) is 0 Å². The Balaban J connectivity index is 0.000000637. The Morgan fingerprint density at radius 2 is 1.68 bits per heavy atom. The molecule has 2 aliphatic rings. The zero-order chi connectivity index (χ0) is 14.0. The molecule has 19 heavy (non-hydrogen) atoms. The fraction of sp³-hybridized carbons (Fsp3) is 0.368. The van der Waals surface area contributed by atoms with Gasteiger partial charge < -0.3 is 0 Å². The van der Waals surface area contributed by atoms with Crippen molar-refractivity contribution in [2.75, 3.05) is 0 Å². The van der Waals surface area contributed by atoms with Crippen molar-refractivity contribution in [3.63, 3.8) is 0 Å². The summed E-state index contributed by atoms with van der Waals surface area (Å²) in [5.74, 6) is 0. The van der Waals surface area contributed by atoms with Crippen LogP contribution in [0.2, 0.25) is 0 Å². The Morgan fingerprint density at radius 1 is 1.00 bits per heavy atom. The summed E-state index contributed by atoms with van der Waals surface area (Å²) in [6, 6.07) is 8.80. The van der Waals surface area contributed by atoms with Crippen molar-refractivity contribution in [3.05, 3.63) is 64.8 Å². The van der Waals surface area contributed by atoms with Crippen LogP contribution in [0.1, 0.15) is 52.2 Å². The second-order valence-corrected chi connectivity index (χ2v) is 5.59. The van der Waals surface area contributed by atoms with Gasteiger partial charge in [-0.25, -0.2) is 0 Å². The Hall–Kier alpha value is -1.56. The summed E-state index contributed by atoms with van der Waals surface area (Å²) >= 11 is 0. The molecule has 0 saturated carbocycles. The molecule has 0 aromatic heterocycles. The maximum Gasteiger partial charge on any atom is 0.0155 e. The number of hydrogen-bond acceptors (Lipinski definition) is 0. The monoisotopic (exact) mass is 252 g/mol. The van der Waals surface area contributed by atoms with Gasteiger partial charge in [-0.15, -0.1) is 0 Å². The van der Waals surface area contributed by atoms with Crippen LogP contribution in [0.4, 0.5) is 0 Å². The molecule has 1 aromatic carbocycles. The maximum atomic E-state index is 2.41. The van der Waals surface area contributed by atoms with E-state index in [0.29, 0.717) is 0 Å². The molecule has 0 radical (unpaired) electrons. The van der Waals surface area contributed by atoms with E-state index < -0.39 is 0 Å². The molecule has 0 bridgehead atoms. The van der Waals surface area contributed by atoms with Crippen molar-refractivity contribution in [1.82, 2.24) is 0 Å². The topological polar surface area (TPSA) is 0 Å². The van der Waals surface area contributed by atoms with Gasteiger partial charge in [0.1, 0.15) is 0 Å². The summed E-state index contributed by atoms with van der Waals surface area (Å²) in [6.07, 6.45) is 8.04. The molecule has 0 unspecified atom stereocenters. The van der Waals surface area contributed by atoms with Crippen molar-refractivity contribution < 1.29 is 0 Å². The first kappa shape index (κ1) is 13.9. The molecule has 0 heteroatoms. The van der Waals surface area contributed by atoms with Gasteiger partial charge in [0.2, 0.25) is 0 Å². The van der Waals surface area contributed by atoms with Crippen LogP contribution in [0.5, 0.6) is 0 Å². The lowest BCUT2D eigenvalue weighted by atomic mass is 9.82. The average molecular weight is 252 g/mol. The Kier molecular flexibility index (Phi) is 3.80. The molecule has 0 aliphatic heterocycles. The van der Waals surface area contributed by atoms with E-state index in [1.807, 2.05) is 13.8 Å². The number of fused-ring (bicyclic) bond motifs is 3. The molecule has 0 fully saturated rings. The highest BCUT2D eigenvalue weighted by Crippen LogP contribution is 2.50. The van der Waals surface area contributed by atoms with Crippen LogP contribution in [0.25, 0.3) is 5.57 Å². The smallest absolute Gasteiger partial charge is 0.0155 e. The highest BCUT2D eigenvalue weighted by atomic mass is 14.4. The van der Waals surface area contributed by atoms with E-state index in [2.05, 4.69) is 63.3 Å². The molecule has 0 heterocycles. The SMILES string of the molecule is CC.CC1=CC=C2C(=CC1)C(C)(C)c1ccccc12. The van der Waals surface area contributed by atoms with E-state index in [4.69, 9.17) is 0 Å². The van der Waals surface area contributed by atoms with E-state index in [0.717, 1.165) is 6.42 Å². The summed E-state index contributed by atoms with van der Waals surface area (Å²) < 4.78 is 0. The number of hydrogen-bond donors (Lipinski definition) is 0. The summed E-state index contributed by atoms with van der Waals surface area (Å²) in [7, 11) is 0. The van der Waals surface area contributed by atoms with Gasteiger partial charge in [0.15, 0.2) is 0 Å². The third-order valence-electron chi connectivity index (χ3n) is 4.02. The van der Waals surface area contributed by atoms with Gasteiger partial charge in [-0.05, 0) is 35.6 Å². The first-order chi connectivity index (χ1) is 9.10. The molecular formula is C19H24. The molecule has 0 N–H and O–H groups in total. The van der Waals surface area contributed by atoms with Gasteiger partial charge in [-0.2, -0.15) is 0 Å². The van der Waals surface area contributed by atoms with E-state index >= 15 is 0 Å². The van der Waals surface area contributed by atoms with Gasteiger partial charge in [-0.1, -0.05) is 75.8 Å². The summed E-state index contributed by atoms with van der Waals surface area (Å²) in [5.41, 5.74) is 7.38. The quantitative estimate of drug-likeness (QED) is 0.558. The average Bonchev–Trinajstić information content (AvgIpc) is 2.57. The second-order valence-electron chi connectivity index (χ2n) is 5.59. The number of allylic oxidation sites excluding steroid dienone is 6. The molecule has 0 nitrogen and oxygen atoms in total. The predicted molar refractivity (Wildman–Crippen MR) is 85.3 cm³/mol. The third-order valence-corrected chi connectivity index (χ3v) is 4.02. The lowest BCUT2D eigenvalue weighted by Gasteiger charge is -2.21. The minimum atomic E-state index is 0.154. The van der Waals surface area contributed by atoms with Crippen LogP contribution in [0.15, 0.2) is 53.6 Å². The van der Waals surface area contributed by atoms with E-state index in [1.165, 1.54) is 27.8 Å². The van der Waals surface area contributed by atoms with Crippen LogP contribution in [0.3, 0.4) is 0 Å². The summed E-state index contributed by atoms with van der Waals surface area (Å²) in [5, 5.41) is 0. The first-order valence-corrected chi connectivity index (χ1v) is 7.29. The zero-order valence-electron chi connectivity index (χ0n) is 12.7. The molecule has 0 spiro atoms. The molecule has 1 aromatic rings. The second kappa shape index (κ2) is 5.21. The predicted octanol–water partition coefficient (Wildman–Crippen LogP) is 5.66. The van der Waals surface area contributed by atoms with Crippen molar-refractivity contribution >= 4 is 5.57 Å². The minimum Gasteiger partial charge on any atom is -0.0757 e. The molecule has 0 atom stereocenters. The third kappa shape index (κ3) is 2.20.